The number of hydrogen-bond acceptors (Lipinski definition) is 6. The van der Waals surface area contributed by atoms with Crippen LogP contribution in [-0.4, -0.2) is 66.0 Å². The fourth-order valence-corrected chi connectivity index (χ4v) is 3.97. The summed E-state index contributed by atoms with van der Waals surface area (Å²) in [6, 6.07) is 12.1. The number of benzene rings is 1. The van der Waals surface area contributed by atoms with Gasteiger partial charge in [-0.1, -0.05) is 30.9 Å². The number of nitrogens with one attached hydrogen (secondary N) is 2. The van der Waals surface area contributed by atoms with Crippen molar-refractivity contribution in [2.45, 2.75) is 39.8 Å². The molecule has 0 atom stereocenters. The van der Waals surface area contributed by atoms with Gasteiger partial charge in [-0.15, -0.1) is 0 Å². The maximum atomic E-state index is 12.1. The fourth-order valence-electron chi connectivity index (χ4n) is 3.97. The molecule has 2 aromatic rings. The highest BCUT2D eigenvalue weighted by Gasteiger charge is 2.20. The summed E-state index contributed by atoms with van der Waals surface area (Å²) in [5.74, 6) is 1.59. The summed E-state index contributed by atoms with van der Waals surface area (Å²) in [5.41, 5.74) is 2.36. The molecular weight excluding hydrogens is 480 g/mol. The van der Waals surface area contributed by atoms with Gasteiger partial charge in [-0.25, -0.2) is 14.8 Å². The van der Waals surface area contributed by atoms with Crippen LogP contribution in [0.3, 0.4) is 0 Å². The third-order valence-electron chi connectivity index (χ3n) is 5.76. The average molecular weight is 519 g/mol. The van der Waals surface area contributed by atoms with Crippen LogP contribution in [0.2, 0.25) is 0 Å². The van der Waals surface area contributed by atoms with Crippen LogP contribution in [-0.2, 0) is 16.1 Å². The number of nitrogens with zero attached hydrogens (tertiary/aromatic N) is 4. The number of carbonyl (C=O) groups is 2. The van der Waals surface area contributed by atoms with Gasteiger partial charge in [0.25, 0.3) is 0 Å². The number of aliphatic imine (C=N–C) groups is 1. The minimum absolute atomic E-state index is 0.147. The van der Waals surface area contributed by atoms with Gasteiger partial charge in [-0.3, -0.25) is 4.79 Å². The molecule has 9 nitrogen and oxygen atoms in total. The molecule has 38 heavy (non-hydrogen) atoms. The standard InChI is InChI=1S/C29H38N6O3/c1-6-9-25(30-7-2)34-14-16-35(17-15-34)26-13-12-24(20-31-26)23-11-8-10-22(18-23)19-32-27(36)21-33-28(37)38-29(3,4)5/h6-13,18,20H,2,14-17,19,21H2,1,3-5H3,(H,32,36)(H,33,37)/b9-6-,30-25+. The highest BCUT2D eigenvalue weighted by atomic mass is 16.6. The topological polar surface area (TPSA) is 99.2 Å². The minimum atomic E-state index is -0.618. The van der Waals surface area contributed by atoms with Crippen molar-refractivity contribution in [3.05, 3.63) is 73.1 Å². The molecule has 1 saturated heterocycles. The number of anilines is 1. The number of allylic oxidation sites excluding steroid dienone is 1. The molecule has 0 bridgehead atoms. The van der Waals surface area contributed by atoms with Gasteiger partial charge in [-0.05, 0) is 63.1 Å². The van der Waals surface area contributed by atoms with Gasteiger partial charge in [0.1, 0.15) is 23.8 Å². The molecule has 202 valence electrons. The molecule has 1 aliphatic rings. The fraction of sp³-hybridized carbons (Fsp3) is 0.379. The van der Waals surface area contributed by atoms with Gasteiger partial charge in [0, 0.05) is 50.7 Å². The predicted molar refractivity (Wildman–Crippen MR) is 152 cm³/mol. The van der Waals surface area contributed by atoms with Crippen LogP contribution >= 0.6 is 0 Å². The maximum absolute atomic E-state index is 12.1. The molecular formula is C29H38N6O3. The van der Waals surface area contributed by atoms with Gasteiger partial charge in [-0.2, -0.15) is 0 Å². The van der Waals surface area contributed by atoms with Crippen molar-refractivity contribution in [3.8, 4) is 11.1 Å². The Hall–Kier alpha value is -4.14. The van der Waals surface area contributed by atoms with E-state index in [9.17, 15) is 9.59 Å². The van der Waals surface area contributed by atoms with E-state index in [0.29, 0.717) is 6.54 Å². The second-order valence-corrected chi connectivity index (χ2v) is 9.88. The average Bonchev–Trinajstić information content (AvgIpc) is 2.90. The summed E-state index contributed by atoms with van der Waals surface area (Å²) in [7, 11) is 0. The van der Waals surface area contributed by atoms with E-state index < -0.39 is 11.7 Å². The first-order chi connectivity index (χ1) is 18.2. The first-order valence-electron chi connectivity index (χ1n) is 12.8. The minimum Gasteiger partial charge on any atom is -0.444 e. The largest absolute Gasteiger partial charge is 0.444 e. The summed E-state index contributed by atoms with van der Waals surface area (Å²) in [4.78, 5) is 37.5. The number of pyridine rings is 1. The summed E-state index contributed by atoms with van der Waals surface area (Å²) < 4.78 is 5.14. The lowest BCUT2D eigenvalue weighted by Gasteiger charge is -2.36. The number of alkyl carbamates (subject to hydrolysis) is 1. The first-order valence-corrected chi connectivity index (χ1v) is 12.8. The normalized spacial score (nSPS) is 14.4. The van der Waals surface area contributed by atoms with E-state index in [2.05, 4.69) is 38.1 Å². The monoisotopic (exact) mass is 518 g/mol. The number of amidine groups is 1. The van der Waals surface area contributed by atoms with Gasteiger partial charge >= 0.3 is 6.09 Å². The van der Waals surface area contributed by atoms with E-state index in [0.717, 1.165) is 54.5 Å². The van der Waals surface area contributed by atoms with E-state index >= 15 is 0 Å². The molecule has 1 aromatic heterocycles. The Balaban J connectivity index is 1.52. The lowest BCUT2D eigenvalue weighted by Crippen LogP contribution is -2.48. The zero-order valence-corrected chi connectivity index (χ0v) is 22.7. The van der Waals surface area contributed by atoms with Crippen molar-refractivity contribution in [1.29, 1.82) is 0 Å². The predicted octanol–water partition coefficient (Wildman–Crippen LogP) is 4.13. The van der Waals surface area contributed by atoms with Crippen LogP contribution in [0.1, 0.15) is 33.3 Å². The van der Waals surface area contributed by atoms with Crippen LogP contribution in [0.25, 0.3) is 11.1 Å². The van der Waals surface area contributed by atoms with Gasteiger partial charge in [0.15, 0.2) is 0 Å². The zero-order valence-electron chi connectivity index (χ0n) is 22.7. The van der Waals surface area contributed by atoms with Crippen molar-refractivity contribution in [1.82, 2.24) is 20.5 Å². The number of hydrogen-bond donors (Lipinski definition) is 2. The number of rotatable bonds is 8. The van der Waals surface area contributed by atoms with E-state index in [4.69, 9.17) is 9.72 Å². The van der Waals surface area contributed by atoms with E-state index in [1.54, 1.807) is 27.0 Å². The summed E-state index contributed by atoms with van der Waals surface area (Å²) in [6.07, 6.45) is 6.84. The van der Waals surface area contributed by atoms with E-state index in [1.165, 1.54) is 0 Å². The number of carbonyl (C=O) groups excluding carboxylic acids is 2. The van der Waals surface area contributed by atoms with Crippen LogP contribution in [0.5, 0.6) is 0 Å². The molecule has 1 fully saturated rings. The molecule has 0 radical (unpaired) electrons. The second kappa shape index (κ2) is 13.4. The molecule has 2 N–H and O–H groups in total. The highest BCUT2D eigenvalue weighted by Crippen LogP contribution is 2.23. The van der Waals surface area contributed by atoms with Crippen LogP contribution in [0, 0.1) is 0 Å². The molecule has 1 aromatic carbocycles. The van der Waals surface area contributed by atoms with E-state index in [1.807, 2.05) is 55.6 Å². The first kappa shape index (κ1) is 28.4. The Morgan fingerprint density at radius 1 is 1.11 bits per heavy atom. The van der Waals surface area contributed by atoms with Gasteiger partial charge < -0.3 is 25.2 Å². The molecule has 3 rings (SSSR count). The molecule has 0 unspecified atom stereocenters. The SMILES string of the molecule is C=C/N=C(\C=C/C)N1CCN(c2ccc(-c3cccc(CNC(=O)CNC(=O)OC(C)(C)C)c3)cn2)CC1. The van der Waals surface area contributed by atoms with Crippen LogP contribution in [0.4, 0.5) is 10.6 Å². The number of piperazine rings is 1. The van der Waals surface area contributed by atoms with Crippen molar-refractivity contribution in [2.75, 3.05) is 37.6 Å². The molecule has 1 aliphatic heterocycles. The summed E-state index contributed by atoms with van der Waals surface area (Å²) >= 11 is 0. The Morgan fingerprint density at radius 3 is 2.50 bits per heavy atom. The van der Waals surface area contributed by atoms with Crippen molar-refractivity contribution < 1.29 is 14.3 Å². The molecule has 0 spiro atoms. The zero-order chi connectivity index (χ0) is 27.5. The number of amides is 2. The summed E-state index contributed by atoms with van der Waals surface area (Å²) in [5, 5.41) is 5.28. The Bertz CT molecular complexity index is 1160. The van der Waals surface area contributed by atoms with Crippen LogP contribution in [0.15, 0.2) is 72.5 Å². The lowest BCUT2D eigenvalue weighted by molar-refractivity contribution is -0.120. The molecule has 2 amide bonds. The third-order valence-corrected chi connectivity index (χ3v) is 5.76. The number of aromatic nitrogens is 1. The van der Waals surface area contributed by atoms with Gasteiger partial charge in [0.05, 0.1) is 0 Å². The second-order valence-electron chi connectivity index (χ2n) is 9.88. The quantitative estimate of drug-likeness (QED) is 0.403. The molecule has 0 aliphatic carbocycles. The summed E-state index contributed by atoms with van der Waals surface area (Å²) in [6.45, 7) is 14.7. The molecule has 2 heterocycles. The van der Waals surface area contributed by atoms with Gasteiger partial charge in [0.2, 0.25) is 5.91 Å². The molecule has 0 saturated carbocycles. The van der Waals surface area contributed by atoms with Crippen molar-refractivity contribution in [3.63, 3.8) is 0 Å². The lowest BCUT2D eigenvalue weighted by atomic mass is 10.0. The molecule has 9 heteroatoms. The smallest absolute Gasteiger partial charge is 0.408 e. The van der Waals surface area contributed by atoms with Crippen LogP contribution < -0.4 is 15.5 Å². The highest BCUT2D eigenvalue weighted by molar-refractivity contribution is 5.93. The number of ether oxygens (including phenoxy) is 1. The third kappa shape index (κ3) is 8.76. The Morgan fingerprint density at radius 2 is 1.87 bits per heavy atom. The maximum Gasteiger partial charge on any atom is 0.408 e. The Labute approximate surface area is 225 Å². The van der Waals surface area contributed by atoms with E-state index in [-0.39, 0.29) is 12.5 Å². The Kier molecular flexibility index (Phi) is 10.0. The van der Waals surface area contributed by atoms with Crippen molar-refractivity contribution in [2.24, 2.45) is 4.99 Å². The van der Waals surface area contributed by atoms with Crippen molar-refractivity contribution >= 4 is 23.7 Å².